The van der Waals surface area contributed by atoms with Gasteiger partial charge in [-0.25, -0.2) is 4.98 Å². The molecular weight excluding hydrogens is 258 g/mol. The Bertz CT molecular complexity index is 598. The second-order valence-electron chi connectivity index (χ2n) is 6.86. The minimum atomic E-state index is 0.113. The summed E-state index contributed by atoms with van der Waals surface area (Å²) < 4.78 is 2.31. The number of aromatic nitrogens is 2. The van der Waals surface area contributed by atoms with Crippen LogP contribution in [0.4, 0.5) is 0 Å². The van der Waals surface area contributed by atoms with Crippen molar-refractivity contribution in [1.82, 2.24) is 14.9 Å². The summed E-state index contributed by atoms with van der Waals surface area (Å²) in [4.78, 5) is 4.50. The van der Waals surface area contributed by atoms with E-state index in [1.165, 1.54) is 22.4 Å². The van der Waals surface area contributed by atoms with E-state index in [9.17, 15) is 0 Å². The normalized spacial score (nSPS) is 11.9. The summed E-state index contributed by atoms with van der Waals surface area (Å²) in [5.74, 6) is 1.07. The van der Waals surface area contributed by atoms with Crippen LogP contribution in [0.2, 0.25) is 0 Å². The van der Waals surface area contributed by atoms with E-state index < -0.39 is 0 Å². The standard InChI is InChI=1S/C18H27N3/c1-13-8-7-9-14(2)17(13)12-21-15(3)19-10-16(21)11-20-18(4,5)6/h7-10,20H,11-12H2,1-6H3. The molecule has 0 atom stereocenters. The van der Waals surface area contributed by atoms with Gasteiger partial charge in [-0.3, -0.25) is 0 Å². The largest absolute Gasteiger partial charge is 0.327 e. The van der Waals surface area contributed by atoms with Gasteiger partial charge in [0.2, 0.25) is 0 Å². The highest BCUT2D eigenvalue weighted by Crippen LogP contribution is 2.17. The Balaban J connectivity index is 2.26. The van der Waals surface area contributed by atoms with E-state index in [2.05, 4.69) is 74.6 Å². The number of hydrogen-bond acceptors (Lipinski definition) is 2. The summed E-state index contributed by atoms with van der Waals surface area (Å²) in [6, 6.07) is 6.49. The summed E-state index contributed by atoms with van der Waals surface area (Å²) in [6.07, 6.45) is 1.99. The molecule has 21 heavy (non-hydrogen) atoms. The van der Waals surface area contributed by atoms with Gasteiger partial charge in [-0.15, -0.1) is 0 Å². The highest BCUT2D eigenvalue weighted by molar-refractivity contribution is 5.34. The molecule has 1 N–H and O–H groups in total. The van der Waals surface area contributed by atoms with Gasteiger partial charge in [-0.05, 0) is 58.2 Å². The Labute approximate surface area is 128 Å². The zero-order chi connectivity index (χ0) is 15.6. The quantitative estimate of drug-likeness (QED) is 0.927. The van der Waals surface area contributed by atoms with Gasteiger partial charge in [-0.1, -0.05) is 18.2 Å². The van der Waals surface area contributed by atoms with E-state index >= 15 is 0 Å². The number of imidazole rings is 1. The molecule has 2 aromatic rings. The third-order valence-corrected chi connectivity index (χ3v) is 3.90. The lowest BCUT2D eigenvalue weighted by Crippen LogP contribution is -2.35. The highest BCUT2D eigenvalue weighted by atomic mass is 15.1. The average Bonchev–Trinajstić information content (AvgIpc) is 2.72. The Kier molecular flexibility index (Phi) is 4.52. The third-order valence-electron chi connectivity index (χ3n) is 3.90. The lowest BCUT2D eigenvalue weighted by Gasteiger charge is -2.21. The fourth-order valence-electron chi connectivity index (χ4n) is 2.48. The summed E-state index contributed by atoms with van der Waals surface area (Å²) in [6.45, 7) is 14.7. The summed E-state index contributed by atoms with van der Waals surface area (Å²) in [5, 5.41) is 3.55. The molecule has 0 spiro atoms. The van der Waals surface area contributed by atoms with E-state index in [1.807, 2.05) is 6.20 Å². The van der Waals surface area contributed by atoms with E-state index in [4.69, 9.17) is 0 Å². The highest BCUT2D eigenvalue weighted by Gasteiger charge is 2.13. The van der Waals surface area contributed by atoms with Crippen LogP contribution in [0, 0.1) is 20.8 Å². The molecule has 1 aromatic heterocycles. The molecule has 1 aromatic carbocycles. The second kappa shape index (κ2) is 6.02. The van der Waals surface area contributed by atoms with Crippen LogP contribution in [0.25, 0.3) is 0 Å². The molecule has 0 bridgehead atoms. The van der Waals surface area contributed by atoms with Crippen LogP contribution in [-0.2, 0) is 13.1 Å². The van der Waals surface area contributed by atoms with Crippen LogP contribution in [0.1, 0.15) is 49.0 Å². The fourth-order valence-corrected chi connectivity index (χ4v) is 2.48. The predicted octanol–water partition coefficient (Wildman–Crippen LogP) is 3.74. The predicted molar refractivity (Wildman–Crippen MR) is 88.6 cm³/mol. The van der Waals surface area contributed by atoms with Crippen LogP contribution in [0.3, 0.4) is 0 Å². The van der Waals surface area contributed by atoms with Crippen molar-refractivity contribution in [2.24, 2.45) is 0 Å². The smallest absolute Gasteiger partial charge is 0.106 e. The Morgan fingerprint density at radius 3 is 2.29 bits per heavy atom. The Morgan fingerprint density at radius 1 is 1.10 bits per heavy atom. The maximum Gasteiger partial charge on any atom is 0.106 e. The molecule has 0 aliphatic carbocycles. The van der Waals surface area contributed by atoms with Crippen LogP contribution >= 0.6 is 0 Å². The maximum atomic E-state index is 4.50. The van der Waals surface area contributed by atoms with Gasteiger partial charge < -0.3 is 9.88 Å². The van der Waals surface area contributed by atoms with Crippen molar-refractivity contribution in [3.8, 4) is 0 Å². The molecule has 0 aliphatic heterocycles. The molecule has 114 valence electrons. The molecule has 3 heteroatoms. The Hall–Kier alpha value is -1.61. The first-order valence-electron chi connectivity index (χ1n) is 7.59. The van der Waals surface area contributed by atoms with Gasteiger partial charge in [0.25, 0.3) is 0 Å². The van der Waals surface area contributed by atoms with Gasteiger partial charge in [0.15, 0.2) is 0 Å². The first kappa shape index (κ1) is 15.8. The Morgan fingerprint density at radius 2 is 1.71 bits per heavy atom. The average molecular weight is 285 g/mol. The van der Waals surface area contributed by atoms with Crippen LogP contribution in [0.5, 0.6) is 0 Å². The van der Waals surface area contributed by atoms with Crippen molar-refractivity contribution in [1.29, 1.82) is 0 Å². The van der Waals surface area contributed by atoms with Gasteiger partial charge in [0, 0.05) is 24.8 Å². The van der Waals surface area contributed by atoms with Gasteiger partial charge in [0.1, 0.15) is 5.82 Å². The van der Waals surface area contributed by atoms with E-state index in [1.54, 1.807) is 0 Å². The van der Waals surface area contributed by atoms with E-state index in [0.717, 1.165) is 18.9 Å². The molecule has 0 saturated heterocycles. The molecule has 0 aliphatic rings. The zero-order valence-corrected chi connectivity index (χ0v) is 14.1. The fraction of sp³-hybridized carbons (Fsp3) is 0.500. The van der Waals surface area contributed by atoms with Gasteiger partial charge in [0.05, 0.1) is 5.69 Å². The molecule has 0 radical (unpaired) electrons. The van der Waals surface area contributed by atoms with Gasteiger partial charge >= 0.3 is 0 Å². The zero-order valence-electron chi connectivity index (χ0n) is 14.1. The molecular formula is C18H27N3. The molecule has 1 heterocycles. The first-order valence-corrected chi connectivity index (χ1v) is 7.59. The third kappa shape index (κ3) is 3.94. The number of hydrogen-bond donors (Lipinski definition) is 1. The van der Waals surface area contributed by atoms with Crippen LogP contribution in [-0.4, -0.2) is 15.1 Å². The van der Waals surface area contributed by atoms with Crippen molar-refractivity contribution in [3.05, 3.63) is 52.6 Å². The van der Waals surface area contributed by atoms with Crippen molar-refractivity contribution in [2.75, 3.05) is 0 Å². The van der Waals surface area contributed by atoms with Crippen molar-refractivity contribution < 1.29 is 0 Å². The second-order valence-corrected chi connectivity index (χ2v) is 6.86. The molecule has 0 amide bonds. The van der Waals surface area contributed by atoms with Crippen LogP contribution < -0.4 is 5.32 Å². The molecule has 0 unspecified atom stereocenters. The SMILES string of the molecule is Cc1cccc(C)c1Cn1c(CNC(C)(C)C)cnc1C. The maximum absolute atomic E-state index is 4.50. The minimum Gasteiger partial charge on any atom is -0.327 e. The molecule has 0 fully saturated rings. The van der Waals surface area contributed by atoms with E-state index in [0.29, 0.717) is 0 Å². The first-order chi connectivity index (χ1) is 9.78. The van der Waals surface area contributed by atoms with E-state index in [-0.39, 0.29) is 5.54 Å². The summed E-state index contributed by atoms with van der Waals surface area (Å²) in [5.41, 5.74) is 5.44. The topological polar surface area (TPSA) is 29.9 Å². The molecule has 0 saturated carbocycles. The lowest BCUT2D eigenvalue weighted by molar-refractivity contribution is 0.416. The number of nitrogens with zero attached hydrogens (tertiary/aromatic N) is 2. The number of aryl methyl sites for hydroxylation is 3. The number of rotatable bonds is 4. The summed E-state index contributed by atoms with van der Waals surface area (Å²) >= 11 is 0. The van der Waals surface area contributed by atoms with Gasteiger partial charge in [-0.2, -0.15) is 0 Å². The molecule has 3 nitrogen and oxygen atoms in total. The molecule has 2 rings (SSSR count). The minimum absolute atomic E-state index is 0.113. The summed E-state index contributed by atoms with van der Waals surface area (Å²) in [7, 11) is 0. The lowest BCUT2D eigenvalue weighted by atomic mass is 10.0. The van der Waals surface area contributed by atoms with Crippen molar-refractivity contribution in [2.45, 2.75) is 60.2 Å². The number of benzene rings is 1. The van der Waals surface area contributed by atoms with Crippen molar-refractivity contribution in [3.63, 3.8) is 0 Å². The van der Waals surface area contributed by atoms with Crippen molar-refractivity contribution >= 4 is 0 Å². The number of nitrogens with one attached hydrogen (secondary N) is 1. The monoisotopic (exact) mass is 285 g/mol. The van der Waals surface area contributed by atoms with Crippen LogP contribution in [0.15, 0.2) is 24.4 Å².